The topological polar surface area (TPSA) is 124 Å². The first-order chi connectivity index (χ1) is 20.7. The maximum absolute atomic E-state index is 15.0. The number of rotatable bonds is 8. The Morgan fingerprint density at radius 2 is 1.74 bits per heavy atom. The number of ether oxygens (including phenoxy) is 1. The maximum atomic E-state index is 15.0. The van der Waals surface area contributed by atoms with Crippen molar-refractivity contribution >= 4 is 41.1 Å². The third-order valence-electron chi connectivity index (χ3n) is 7.50. The van der Waals surface area contributed by atoms with Gasteiger partial charge in [0.15, 0.2) is 11.6 Å². The zero-order valence-electron chi connectivity index (χ0n) is 23.0. The van der Waals surface area contributed by atoms with Crippen molar-refractivity contribution in [1.29, 1.82) is 0 Å². The van der Waals surface area contributed by atoms with Crippen LogP contribution >= 0.6 is 0 Å². The highest BCUT2D eigenvalue weighted by atomic mass is 19.1. The summed E-state index contributed by atoms with van der Waals surface area (Å²) in [5.74, 6) is -3.40. The minimum Gasteiger partial charge on any atom is -0.454 e. The number of amides is 6. The number of nitrogens with zero attached hydrogens (tertiary/aromatic N) is 4. The van der Waals surface area contributed by atoms with Crippen LogP contribution in [0.15, 0.2) is 60.8 Å². The van der Waals surface area contributed by atoms with Crippen LogP contribution in [0.5, 0.6) is 11.5 Å². The summed E-state index contributed by atoms with van der Waals surface area (Å²) in [6.07, 6.45) is 4.27. The van der Waals surface area contributed by atoms with Gasteiger partial charge in [-0.3, -0.25) is 14.9 Å². The molecular formula is C30H28F2N6O5. The Bertz CT molecular complexity index is 1580. The van der Waals surface area contributed by atoms with Crippen molar-refractivity contribution in [3.8, 4) is 11.5 Å². The Hall–Kier alpha value is -5.07. The van der Waals surface area contributed by atoms with E-state index in [1.807, 2.05) is 0 Å². The molecule has 43 heavy (non-hydrogen) atoms. The maximum Gasteiger partial charge on any atom is 0.331 e. The van der Waals surface area contributed by atoms with E-state index < -0.39 is 35.4 Å². The van der Waals surface area contributed by atoms with E-state index in [4.69, 9.17) is 4.74 Å². The molecule has 3 fully saturated rings. The van der Waals surface area contributed by atoms with Crippen molar-refractivity contribution in [2.45, 2.75) is 19.3 Å². The largest absolute Gasteiger partial charge is 0.454 e. The van der Waals surface area contributed by atoms with E-state index in [1.54, 1.807) is 4.90 Å². The lowest BCUT2D eigenvalue weighted by Gasteiger charge is -2.38. The Labute approximate surface area is 245 Å². The fourth-order valence-corrected chi connectivity index (χ4v) is 4.82. The number of hydrogen-bond donors (Lipinski definition) is 2. The van der Waals surface area contributed by atoms with Crippen LogP contribution in [0, 0.1) is 23.5 Å². The molecule has 6 rings (SSSR count). The number of aromatic nitrogens is 1. The number of nitrogens with one attached hydrogen (secondary N) is 2. The van der Waals surface area contributed by atoms with Gasteiger partial charge in [0.2, 0.25) is 11.8 Å². The molecule has 0 radical (unpaired) electrons. The van der Waals surface area contributed by atoms with Gasteiger partial charge in [0.05, 0.1) is 5.69 Å². The zero-order chi connectivity index (χ0) is 30.1. The number of carbonyl (C=O) groups is 4. The molecule has 11 nitrogen and oxygen atoms in total. The molecule has 13 heteroatoms. The van der Waals surface area contributed by atoms with E-state index in [0.717, 1.165) is 42.4 Å². The highest BCUT2D eigenvalue weighted by molar-refractivity contribution is 6.23. The summed E-state index contributed by atoms with van der Waals surface area (Å²) in [4.78, 5) is 60.1. The van der Waals surface area contributed by atoms with E-state index in [2.05, 4.69) is 15.6 Å². The van der Waals surface area contributed by atoms with Gasteiger partial charge in [0.25, 0.3) is 0 Å². The van der Waals surface area contributed by atoms with Crippen molar-refractivity contribution in [2.75, 3.05) is 41.7 Å². The number of benzene rings is 2. The third kappa shape index (κ3) is 6.25. The second-order valence-corrected chi connectivity index (χ2v) is 10.7. The molecule has 1 saturated carbocycles. The molecule has 2 N–H and O–H groups in total. The number of anilines is 3. The van der Waals surface area contributed by atoms with Crippen LogP contribution in [0.4, 0.5) is 35.6 Å². The number of hydrogen-bond acceptors (Lipinski definition) is 6. The normalized spacial score (nSPS) is 18.3. The van der Waals surface area contributed by atoms with Crippen LogP contribution in [0.1, 0.15) is 19.3 Å². The number of likely N-dealkylation sites (tertiary alicyclic amines) is 1. The van der Waals surface area contributed by atoms with Crippen molar-refractivity contribution in [1.82, 2.24) is 14.8 Å². The molecule has 1 atom stereocenters. The molecule has 0 spiro atoms. The van der Waals surface area contributed by atoms with Crippen LogP contribution < -0.4 is 20.3 Å². The van der Waals surface area contributed by atoms with Gasteiger partial charge in [-0.15, -0.1) is 0 Å². The van der Waals surface area contributed by atoms with Gasteiger partial charge in [-0.05, 0) is 67.6 Å². The molecule has 0 bridgehead atoms. The van der Waals surface area contributed by atoms with Crippen LogP contribution in [-0.2, 0) is 9.59 Å². The zero-order valence-corrected chi connectivity index (χ0v) is 23.0. The number of halogens is 2. The van der Waals surface area contributed by atoms with Gasteiger partial charge < -0.3 is 19.9 Å². The highest BCUT2D eigenvalue weighted by Gasteiger charge is 2.45. The minimum atomic E-state index is -1.26. The molecule has 3 aromatic rings. The van der Waals surface area contributed by atoms with Gasteiger partial charge in [-0.2, -0.15) is 0 Å². The molecule has 1 unspecified atom stereocenters. The van der Waals surface area contributed by atoms with Crippen LogP contribution in [0.2, 0.25) is 0 Å². The number of urea groups is 2. The summed E-state index contributed by atoms with van der Waals surface area (Å²) < 4.78 is 34.2. The summed E-state index contributed by atoms with van der Waals surface area (Å²) >= 11 is 0. The predicted octanol–water partition coefficient (Wildman–Crippen LogP) is 4.82. The molecular weight excluding hydrogens is 562 g/mol. The quantitative estimate of drug-likeness (QED) is 0.363. The van der Waals surface area contributed by atoms with E-state index in [1.165, 1.54) is 47.5 Å². The molecule has 3 aliphatic rings. The molecule has 2 saturated heterocycles. The summed E-state index contributed by atoms with van der Waals surface area (Å²) in [6, 6.07) is 10.8. The third-order valence-corrected chi connectivity index (χ3v) is 7.50. The molecule has 2 aliphatic heterocycles. The molecule has 1 aliphatic carbocycles. The van der Waals surface area contributed by atoms with Crippen molar-refractivity contribution in [3.05, 3.63) is 72.4 Å². The molecule has 3 heterocycles. The first-order valence-corrected chi connectivity index (χ1v) is 13.9. The monoisotopic (exact) mass is 590 g/mol. The lowest BCUT2D eigenvalue weighted by Crippen LogP contribution is -2.60. The lowest BCUT2D eigenvalue weighted by atomic mass is 10.0. The van der Waals surface area contributed by atoms with Crippen LogP contribution in [-0.4, -0.2) is 64.8 Å². The Balaban J connectivity index is 1.14. The van der Waals surface area contributed by atoms with Gasteiger partial charge in [0.1, 0.15) is 23.3 Å². The van der Waals surface area contributed by atoms with Gasteiger partial charge >= 0.3 is 12.1 Å². The summed E-state index contributed by atoms with van der Waals surface area (Å²) in [6.45, 7) is 1.62. The standard InChI is InChI=1S/C30H28F2N6O5/c31-19-4-7-21(8-5-19)38-28(40)23(17-37(30(38)42)16-18-2-3-18)27(39)34-20-6-9-25(24(32)14-20)43-22-10-11-33-26(15-22)35-29(41)36-12-1-13-36/h4-11,14-15,18,23H,1-3,12-13,16-17H2,(H,34,39)(H,33,35,41). The van der Waals surface area contributed by atoms with E-state index in [0.29, 0.717) is 25.6 Å². The summed E-state index contributed by atoms with van der Waals surface area (Å²) in [5.41, 5.74) is 0.237. The summed E-state index contributed by atoms with van der Waals surface area (Å²) in [5, 5.41) is 5.24. The number of imide groups is 1. The molecule has 222 valence electrons. The minimum absolute atomic E-state index is 0.0823. The second kappa shape index (κ2) is 11.7. The van der Waals surface area contributed by atoms with E-state index in [-0.39, 0.29) is 41.3 Å². The lowest BCUT2D eigenvalue weighted by molar-refractivity contribution is -0.132. The first kappa shape index (κ1) is 28.1. The fourth-order valence-electron chi connectivity index (χ4n) is 4.82. The van der Waals surface area contributed by atoms with Gasteiger partial charge in [-0.1, -0.05) is 0 Å². The van der Waals surface area contributed by atoms with E-state index >= 15 is 4.39 Å². The van der Waals surface area contributed by atoms with Crippen molar-refractivity contribution in [2.24, 2.45) is 11.8 Å². The van der Waals surface area contributed by atoms with Gasteiger partial charge in [0, 0.05) is 50.2 Å². The van der Waals surface area contributed by atoms with E-state index in [9.17, 15) is 23.6 Å². The molecule has 6 amide bonds. The molecule has 2 aromatic carbocycles. The first-order valence-electron chi connectivity index (χ1n) is 13.9. The SMILES string of the molecule is O=C(Nc1ccc(Oc2ccnc(NC(=O)N3CCC3)c2)c(F)c1)C1CN(CC2CC2)C(=O)N(c2ccc(F)cc2)C1=O. The fraction of sp³-hybridized carbons (Fsp3) is 0.300. The Morgan fingerprint density at radius 1 is 0.977 bits per heavy atom. The second-order valence-electron chi connectivity index (χ2n) is 10.7. The highest BCUT2D eigenvalue weighted by Crippen LogP contribution is 2.33. The average molecular weight is 591 g/mol. The van der Waals surface area contributed by atoms with Crippen molar-refractivity contribution < 1.29 is 32.7 Å². The number of carbonyl (C=O) groups excluding carboxylic acids is 4. The number of pyridine rings is 1. The smallest absolute Gasteiger partial charge is 0.331 e. The molecule has 1 aromatic heterocycles. The average Bonchev–Trinajstić information content (AvgIpc) is 3.76. The summed E-state index contributed by atoms with van der Waals surface area (Å²) in [7, 11) is 0. The van der Waals surface area contributed by atoms with Gasteiger partial charge in [-0.25, -0.2) is 28.3 Å². The predicted molar refractivity (Wildman–Crippen MR) is 152 cm³/mol. The Morgan fingerprint density at radius 3 is 2.42 bits per heavy atom. The van der Waals surface area contributed by atoms with Crippen molar-refractivity contribution in [3.63, 3.8) is 0 Å². The van der Waals surface area contributed by atoms with Crippen LogP contribution in [0.3, 0.4) is 0 Å². The van der Waals surface area contributed by atoms with Crippen LogP contribution in [0.25, 0.3) is 0 Å². The Kier molecular flexibility index (Phi) is 7.61.